The number of halogens is 1. The van der Waals surface area contributed by atoms with Crippen LogP contribution < -0.4 is 4.74 Å². The number of aryl methyl sites for hydroxylation is 1. The van der Waals surface area contributed by atoms with E-state index in [-0.39, 0.29) is 6.10 Å². The Morgan fingerprint density at radius 2 is 2.25 bits per heavy atom. The lowest BCUT2D eigenvalue weighted by atomic mass is 10.1. The normalized spacial score (nSPS) is 17.4. The van der Waals surface area contributed by atoms with Gasteiger partial charge in [0.2, 0.25) is 0 Å². The van der Waals surface area contributed by atoms with Gasteiger partial charge in [-0.2, -0.15) is 0 Å². The molecular weight excluding hydrogens is 226 g/mol. The summed E-state index contributed by atoms with van der Waals surface area (Å²) in [5.41, 5.74) is 1.91. The van der Waals surface area contributed by atoms with Crippen molar-refractivity contribution in [1.29, 1.82) is 0 Å². The number of rotatable bonds is 3. The highest BCUT2D eigenvalue weighted by Gasteiger charge is 2.16. The van der Waals surface area contributed by atoms with Crippen LogP contribution in [0.5, 0.6) is 5.75 Å². The maximum absolute atomic E-state index is 5.95. The van der Waals surface area contributed by atoms with Gasteiger partial charge in [0, 0.05) is 36.4 Å². The van der Waals surface area contributed by atoms with Crippen molar-refractivity contribution in [2.24, 2.45) is 0 Å². The van der Waals surface area contributed by atoms with Gasteiger partial charge < -0.3 is 9.47 Å². The third-order valence-corrected chi connectivity index (χ3v) is 2.97. The largest absolute Gasteiger partial charge is 0.490 e. The second kappa shape index (κ2) is 5.51. The van der Waals surface area contributed by atoms with Gasteiger partial charge in [-0.3, -0.25) is 4.98 Å². The molecule has 0 radical (unpaired) electrons. The average molecular weight is 242 g/mol. The molecule has 0 spiro atoms. The highest BCUT2D eigenvalue weighted by Crippen LogP contribution is 2.24. The fourth-order valence-electron chi connectivity index (χ4n) is 1.75. The number of aromatic nitrogens is 1. The minimum Gasteiger partial charge on any atom is -0.490 e. The minimum absolute atomic E-state index is 0.248. The first-order valence-corrected chi connectivity index (χ1v) is 6.09. The molecule has 0 amide bonds. The molecule has 1 saturated heterocycles. The van der Waals surface area contributed by atoms with Crippen molar-refractivity contribution in [3.63, 3.8) is 0 Å². The molecule has 1 aliphatic rings. The Morgan fingerprint density at radius 3 is 2.94 bits per heavy atom. The van der Waals surface area contributed by atoms with Crippen molar-refractivity contribution >= 4 is 11.6 Å². The standard InChI is InChI=1S/C12H16ClNO2/c1-9-6-12(10(7-13)8-14-9)16-11-2-4-15-5-3-11/h6,8,11H,2-5,7H2,1H3. The summed E-state index contributed by atoms with van der Waals surface area (Å²) in [4.78, 5) is 4.21. The monoisotopic (exact) mass is 241 g/mol. The van der Waals surface area contributed by atoms with E-state index in [1.54, 1.807) is 6.20 Å². The summed E-state index contributed by atoms with van der Waals surface area (Å²) in [6.07, 6.45) is 3.93. The molecule has 0 saturated carbocycles. The molecular formula is C12H16ClNO2. The van der Waals surface area contributed by atoms with Gasteiger partial charge in [-0.25, -0.2) is 0 Å². The van der Waals surface area contributed by atoms with E-state index < -0.39 is 0 Å². The summed E-state index contributed by atoms with van der Waals surface area (Å²) in [7, 11) is 0. The van der Waals surface area contributed by atoms with Crippen molar-refractivity contribution in [3.05, 3.63) is 23.5 Å². The van der Waals surface area contributed by atoms with Gasteiger partial charge in [-0.05, 0) is 6.92 Å². The number of hydrogen-bond donors (Lipinski definition) is 0. The van der Waals surface area contributed by atoms with Gasteiger partial charge in [-0.15, -0.1) is 11.6 Å². The zero-order chi connectivity index (χ0) is 11.4. The van der Waals surface area contributed by atoms with E-state index in [2.05, 4.69) is 4.98 Å². The first-order chi connectivity index (χ1) is 7.79. The molecule has 1 aliphatic heterocycles. The van der Waals surface area contributed by atoms with Crippen LogP contribution in [-0.2, 0) is 10.6 Å². The molecule has 3 nitrogen and oxygen atoms in total. The quantitative estimate of drug-likeness (QED) is 0.763. The summed E-state index contributed by atoms with van der Waals surface area (Å²) < 4.78 is 11.3. The fraction of sp³-hybridized carbons (Fsp3) is 0.583. The van der Waals surface area contributed by atoms with Crippen LogP contribution in [0.2, 0.25) is 0 Å². The molecule has 16 heavy (non-hydrogen) atoms. The molecule has 1 fully saturated rings. The van der Waals surface area contributed by atoms with Crippen LogP contribution in [-0.4, -0.2) is 24.3 Å². The number of hydrogen-bond acceptors (Lipinski definition) is 3. The molecule has 2 rings (SSSR count). The minimum atomic E-state index is 0.248. The Kier molecular flexibility index (Phi) is 4.02. The van der Waals surface area contributed by atoms with Gasteiger partial charge in [0.15, 0.2) is 0 Å². The summed E-state index contributed by atoms with van der Waals surface area (Å²) in [6.45, 7) is 3.52. The van der Waals surface area contributed by atoms with Crippen molar-refractivity contribution in [3.8, 4) is 5.75 Å². The number of ether oxygens (including phenoxy) is 2. The van der Waals surface area contributed by atoms with Crippen LogP contribution in [0.15, 0.2) is 12.3 Å². The predicted octanol–water partition coefficient (Wildman–Crippen LogP) is 2.69. The Morgan fingerprint density at radius 1 is 1.50 bits per heavy atom. The maximum Gasteiger partial charge on any atom is 0.127 e. The molecule has 0 aromatic carbocycles. The number of alkyl halides is 1. The van der Waals surface area contributed by atoms with Crippen molar-refractivity contribution < 1.29 is 9.47 Å². The van der Waals surface area contributed by atoms with E-state index in [4.69, 9.17) is 21.1 Å². The lowest BCUT2D eigenvalue weighted by Gasteiger charge is -2.24. The van der Waals surface area contributed by atoms with Crippen LogP contribution in [0.1, 0.15) is 24.1 Å². The molecule has 0 aliphatic carbocycles. The SMILES string of the molecule is Cc1cc(OC2CCOCC2)c(CCl)cn1. The molecule has 4 heteroatoms. The third kappa shape index (κ3) is 2.86. The van der Waals surface area contributed by atoms with E-state index in [0.717, 1.165) is 43.1 Å². The predicted molar refractivity (Wildman–Crippen MR) is 63.0 cm³/mol. The Hall–Kier alpha value is -0.800. The number of pyridine rings is 1. The lowest BCUT2D eigenvalue weighted by molar-refractivity contribution is 0.0252. The summed E-state index contributed by atoms with van der Waals surface area (Å²) >= 11 is 5.86. The highest BCUT2D eigenvalue weighted by atomic mass is 35.5. The van der Waals surface area contributed by atoms with Gasteiger partial charge in [-0.1, -0.05) is 0 Å². The Labute approximate surface area is 101 Å². The highest BCUT2D eigenvalue weighted by molar-refractivity contribution is 6.17. The van der Waals surface area contributed by atoms with Crippen LogP contribution >= 0.6 is 11.6 Å². The summed E-state index contributed by atoms with van der Waals surface area (Å²) in [5.74, 6) is 1.31. The fourth-order valence-corrected chi connectivity index (χ4v) is 1.95. The first-order valence-electron chi connectivity index (χ1n) is 5.55. The van der Waals surface area contributed by atoms with Gasteiger partial charge in [0.1, 0.15) is 11.9 Å². The van der Waals surface area contributed by atoms with Gasteiger partial charge in [0.05, 0.1) is 19.1 Å². The maximum atomic E-state index is 5.95. The van der Waals surface area contributed by atoms with Gasteiger partial charge in [0.25, 0.3) is 0 Å². The Bertz CT molecular complexity index is 351. The molecule has 2 heterocycles. The van der Waals surface area contributed by atoms with Crippen LogP contribution in [0.4, 0.5) is 0 Å². The first kappa shape index (κ1) is 11.7. The molecule has 1 aromatic heterocycles. The summed E-state index contributed by atoms with van der Waals surface area (Å²) in [6, 6.07) is 1.95. The Balaban J connectivity index is 2.09. The second-order valence-electron chi connectivity index (χ2n) is 4.00. The van der Waals surface area contributed by atoms with Crippen molar-refractivity contribution in [1.82, 2.24) is 4.98 Å². The summed E-state index contributed by atoms with van der Waals surface area (Å²) in [5, 5.41) is 0. The van der Waals surface area contributed by atoms with Crippen molar-refractivity contribution in [2.45, 2.75) is 31.7 Å². The molecule has 0 bridgehead atoms. The number of nitrogens with zero attached hydrogens (tertiary/aromatic N) is 1. The third-order valence-electron chi connectivity index (χ3n) is 2.69. The molecule has 1 aromatic rings. The van der Waals surface area contributed by atoms with Crippen LogP contribution in [0, 0.1) is 6.92 Å². The second-order valence-corrected chi connectivity index (χ2v) is 4.26. The van der Waals surface area contributed by atoms with Crippen LogP contribution in [0.3, 0.4) is 0 Å². The smallest absolute Gasteiger partial charge is 0.127 e. The molecule has 88 valence electrons. The van der Waals surface area contributed by atoms with E-state index in [9.17, 15) is 0 Å². The lowest BCUT2D eigenvalue weighted by Crippen LogP contribution is -2.26. The zero-order valence-corrected chi connectivity index (χ0v) is 10.2. The van der Waals surface area contributed by atoms with E-state index in [0.29, 0.717) is 5.88 Å². The van der Waals surface area contributed by atoms with Gasteiger partial charge >= 0.3 is 0 Å². The molecule has 0 N–H and O–H groups in total. The topological polar surface area (TPSA) is 31.4 Å². The molecule has 0 unspecified atom stereocenters. The van der Waals surface area contributed by atoms with E-state index in [1.807, 2.05) is 13.0 Å². The average Bonchev–Trinajstić information content (AvgIpc) is 2.31. The molecule has 0 atom stereocenters. The zero-order valence-electron chi connectivity index (χ0n) is 9.41. The van der Waals surface area contributed by atoms with E-state index in [1.165, 1.54) is 0 Å². The van der Waals surface area contributed by atoms with E-state index >= 15 is 0 Å². The van der Waals surface area contributed by atoms with Crippen LogP contribution in [0.25, 0.3) is 0 Å². The van der Waals surface area contributed by atoms with Crippen molar-refractivity contribution in [2.75, 3.05) is 13.2 Å².